The third-order valence-corrected chi connectivity index (χ3v) is 5.82. The molecule has 4 aromatic carbocycles. The van der Waals surface area contributed by atoms with Gasteiger partial charge >= 0.3 is 0 Å². The fraction of sp³-hybridized carbons (Fsp3) is 0.0714. The smallest absolute Gasteiger partial charge is 0.135 e. The van der Waals surface area contributed by atoms with Gasteiger partial charge in [0.15, 0.2) is 0 Å². The largest absolute Gasteiger partial charge is 0.508 e. The van der Waals surface area contributed by atoms with Gasteiger partial charge in [0, 0.05) is 17.7 Å². The van der Waals surface area contributed by atoms with Crippen LogP contribution in [0.4, 0.5) is 0 Å². The van der Waals surface area contributed by atoms with E-state index in [1.54, 1.807) is 54.6 Å². The average molecular weight is 454 g/mol. The van der Waals surface area contributed by atoms with Gasteiger partial charge in [0.05, 0.1) is 5.92 Å². The van der Waals surface area contributed by atoms with Crippen molar-refractivity contribution in [3.05, 3.63) is 107 Å². The highest BCUT2D eigenvalue weighted by molar-refractivity contribution is 5.72. The lowest BCUT2D eigenvalue weighted by atomic mass is 9.84. The summed E-state index contributed by atoms with van der Waals surface area (Å²) in [7, 11) is 0. The van der Waals surface area contributed by atoms with Gasteiger partial charge in [0.2, 0.25) is 0 Å². The molecule has 34 heavy (non-hydrogen) atoms. The van der Waals surface area contributed by atoms with E-state index in [2.05, 4.69) is 0 Å². The molecular weight excluding hydrogens is 432 g/mol. The summed E-state index contributed by atoms with van der Waals surface area (Å²) in [5.41, 5.74) is 3.92. The van der Waals surface area contributed by atoms with E-state index in [4.69, 9.17) is 4.74 Å². The molecular formula is C28H22O6. The molecule has 2 atom stereocenters. The third kappa shape index (κ3) is 4.21. The molecule has 0 amide bonds. The summed E-state index contributed by atoms with van der Waals surface area (Å²) in [6.07, 6.45) is 3.21. The second-order valence-corrected chi connectivity index (χ2v) is 8.30. The molecule has 0 saturated carbocycles. The molecule has 0 aliphatic carbocycles. The summed E-state index contributed by atoms with van der Waals surface area (Å²) in [4.78, 5) is 0. The molecule has 1 aliphatic heterocycles. The Morgan fingerprint density at radius 3 is 1.76 bits per heavy atom. The first-order valence-electron chi connectivity index (χ1n) is 10.7. The number of ether oxygens (including phenoxy) is 1. The van der Waals surface area contributed by atoms with Crippen molar-refractivity contribution in [1.29, 1.82) is 0 Å². The van der Waals surface area contributed by atoms with Gasteiger partial charge in [-0.3, -0.25) is 0 Å². The van der Waals surface area contributed by atoms with Gasteiger partial charge in [-0.2, -0.15) is 0 Å². The van der Waals surface area contributed by atoms with E-state index in [1.807, 2.05) is 24.3 Å². The minimum atomic E-state index is -0.431. The van der Waals surface area contributed by atoms with Crippen molar-refractivity contribution in [1.82, 2.24) is 0 Å². The van der Waals surface area contributed by atoms with Crippen molar-refractivity contribution in [3.63, 3.8) is 0 Å². The monoisotopic (exact) mass is 454 g/mol. The Bertz CT molecular complexity index is 1350. The van der Waals surface area contributed by atoms with Crippen LogP contribution in [0.3, 0.4) is 0 Å². The van der Waals surface area contributed by atoms with Crippen LogP contribution in [0.25, 0.3) is 12.2 Å². The molecule has 0 fully saturated rings. The fourth-order valence-corrected chi connectivity index (χ4v) is 4.37. The number of rotatable bonds is 4. The molecule has 1 aliphatic rings. The second-order valence-electron chi connectivity index (χ2n) is 8.30. The lowest BCUT2D eigenvalue weighted by Crippen LogP contribution is -2.11. The van der Waals surface area contributed by atoms with E-state index >= 15 is 0 Å². The van der Waals surface area contributed by atoms with E-state index in [9.17, 15) is 25.5 Å². The second kappa shape index (κ2) is 8.41. The number of phenolic OH excluding ortho intramolecular Hbond substituents is 5. The maximum atomic E-state index is 10.1. The van der Waals surface area contributed by atoms with Gasteiger partial charge in [0.1, 0.15) is 40.6 Å². The molecule has 0 saturated heterocycles. The zero-order valence-corrected chi connectivity index (χ0v) is 18.0. The van der Waals surface area contributed by atoms with Gasteiger partial charge in [-0.25, -0.2) is 0 Å². The van der Waals surface area contributed by atoms with Crippen molar-refractivity contribution in [2.45, 2.75) is 12.0 Å². The minimum absolute atomic E-state index is 0.0255. The minimum Gasteiger partial charge on any atom is -0.508 e. The van der Waals surface area contributed by atoms with Crippen LogP contribution in [0.1, 0.15) is 39.8 Å². The Morgan fingerprint density at radius 2 is 1.12 bits per heavy atom. The molecule has 1 unspecified atom stereocenters. The van der Waals surface area contributed by atoms with Gasteiger partial charge in [-0.05, 0) is 70.8 Å². The average Bonchev–Trinajstić information content (AvgIpc) is 3.15. The maximum Gasteiger partial charge on any atom is 0.135 e. The third-order valence-electron chi connectivity index (χ3n) is 5.82. The Hall–Kier alpha value is -4.58. The fourth-order valence-electron chi connectivity index (χ4n) is 4.37. The molecule has 4 aromatic rings. The van der Waals surface area contributed by atoms with Crippen LogP contribution in [-0.4, -0.2) is 25.5 Å². The van der Waals surface area contributed by atoms with Crippen molar-refractivity contribution in [3.8, 4) is 34.5 Å². The van der Waals surface area contributed by atoms with Crippen LogP contribution in [0.2, 0.25) is 0 Å². The SMILES string of the molecule is Oc1ccc(C2Oc3ccc(/C=C/c4cc(O)cc(O)c4)cc3[C@@H]2c2cc(O)cc(O)c2)cc1. The molecule has 0 aromatic heterocycles. The van der Waals surface area contributed by atoms with Crippen LogP contribution in [0.15, 0.2) is 78.9 Å². The van der Waals surface area contributed by atoms with E-state index in [1.165, 1.54) is 12.1 Å². The predicted octanol–water partition coefficient (Wildman–Crippen LogP) is 5.65. The van der Waals surface area contributed by atoms with Crippen molar-refractivity contribution < 1.29 is 30.3 Å². The lowest BCUT2D eigenvalue weighted by molar-refractivity contribution is 0.222. The van der Waals surface area contributed by atoms with Crippen LogP contribution in [0.5, 0.6) is 34.5 Å². The number of aromatic hydroxyl groups is 5. The lowest BCUT2D eigenvalue weighted by Gasteiger charge is -2.20. The number of phenols is 5. The highest BCUT2D eigenvalue weighted by atomic mass is 16.5. The van der Waals surface area contributed by atoms with Crippen molar-refractivity contribution in [2.75, 3.05) is 0 Å². The molecule has 6 nitrogen and oxygen atoms in total. The molecule has 0 radical (unpaired) electrons. The van der Waals surface area contributed by atoms with Gasteiger partial charge < -0.3 is 30.3 Å². The predicted molar refractivity (Wildman–Crippen MR) is 128 cm³/mol. The van der Waals surface area contributed by atoms with E-state index in [0.29, 0.717) is 16.9 Å². The Morgan fingerprint density at radius 1 is 0.529 bits per heavy atom. The van der Waals surface area contributed by atoms with Crippen LogP contribution in [-0.2, 0) is 0 Å². The topological polar surface area (TPSA) is 110 Å². The summed E-state index contributed by atoms with van der Waals surface area (Å²) in [5, 5.41) is 49.4. The van der Waals surface area contributed by atoms with Crippen molar-refractivity contribution >= 4 is 12.2 Å². The molecule has 5 rings (SSSR count). The zero-order valence-electron chi connectivity index (χ0n) is 18.0. The maximum absolute atomic E-state index is 10.1. The summed E-state index contributed by atoms with van der Waals surface area (Å²) in [6.45, 7) is 0. The molecule has 5 N–H and O–H groups in total. The zero-order chi connectivity index (χ0) is 23.8. The highest BCUT2D eigenvalue weighted by Gasteiger charge is 2.37. The number of benzene rings is 4. The van der Waals surface area contributed by atoms with Crippen LogP contribution < -0.4 is 4.74 Å². The quantitative estimate of drug-likeness (QED) is 0.255. The highest BCUT2D eigenvalue weighted by Crippen LogP contribution is 2.51. The number of fused-ring (bicyclic) bond motifs is 1. The van der Waals surface area contributed by atoms with E-state index < -0.39 is 6.10 Å². The van der Waals surface area contributed by atoms with E-state index in [0.717, 1.165) is 16.7 Å². The standard InChI is InChI=1S/C28H22O6/c29-20-6-4-18(5-7-20)28-27(19-12-23(32)15-24(33)13-19)25-11-16(3-8-26(25)34-28)1-2-17-9-21(30)14-22(31)10-17/h1-15,27-33H/b2-1+/t27-,28?/m0/s1. The summed E-state index contributed by atoms with van der Waals surface area (Å²) >= 11 is 0. The first-order valence-corrected chi connectivity index (χ1v) is 10.7. The normalized spacial score (nSPS) is 16.9. The van der Waals surface area contributed by atoms with Crippen molar-refractivity contribution in [2.24, 2.45) is 0 Å². The molecule has 170 valence electrons. The molecule has 1 heterocycles. The summed E-state index contributed by atoms with van der Waals surface area (Å²) in [6, 6.07) is 21.4. The van der Waals surface area contributed by atoms with Gasteiger partial charge in [-0.1, -0.05) is 30.4 Å². The Kier molecular flexibility index (Phi) is 5.26. The summed E-state index contributed by atoms with van der Waals surface area (Å²) < 4.78 is 6.29. The summed E-state index contributed by atoms with van der Waals surface area (Å²) in [5.74, 6) is 0.357. The molecule has 0 spiro atoms. The Labute approximate surface area is 195 Å². The number of hydrogen-bond donors (Lipinski definition) is 5. The number of hydrogen-bond acceptors (Lipinski definition) is 6. The van der Waals surface area contributed by atoms with E-state index in [-0.39, 0.29) is 34.7 Å². The molecule has 6 heteroatoms. The van der Waals surface area contributed by atoms with Gasteiger partial charge in [-0.15, -0.1) is 0 Å². The first kappa shape index (κ1) is 21.3. The van der Waals surface area contributed by atoms with Crippen LogP contribution in [0, 0.1) is 0 Å². The Balaban J connectivity index is 1.57. The first-order chi connectivity index (χ1) is 16.4. The van der Waals surface area contributed by atoms with Crippen LogP contribution >= 0.6 is 0 Å². The van der Waals surface area contributed by atoms with Gasteiger partial charge in [0.25, 0.3) is 0 Å². The molecule has 0 bridgehead atoms.